The molecule has 0 spiro atoms. The van der Waals surface area contributed by atoms with Crippen molar-refractivity contribution >= 4 is 0 Å². The molecule has 1 aliphatic rings. The fraction of sp³-hybridized carbons (Fsp3) is 0.778. The molecule has 0 aromatic rings. The van der Waals surface area contributed by atoms with Gasteiger partial charge in [0.25, 0.3) is 0 Å². The van der Waals surface area contributed by atoms with Gasteiger partial charge >= 0.3 is 0 Å². The van der Waals surface area contributed by atoms with E-state index >= 15 is 0 Å². The average molecular weight is 140 g/mol. The number of aliphatic hydroxyl groups excluding tert-OH is 1. The van der Waals surface area contributed by atoms with E-state index < -0.39 is 0 Å². The zero-order valence-corrected chi connectivity index (χ0v) is 7.02. The van der Waals surface area contributed by atoms with Crippen LogP contribution in [0.4, 0.5) is 0 Å². The largest absolute Gasteiger partial charge is 0.389 e. The van der Waals surface area contributed by atoms with Crippen LogP contribution >= 0.6 is 0 Å². The maximum absolute atomic E-state index is 9.22. The Balaban J connectivity index is 2.66. The maximum Gasteiger partial charge on any atom is 0.0722 e. The molecule has 1 heteroatoms. The highest BCUT2D eigenvalue weighted by atomic mass is 16.3. The van der Waals surface area contributed by atoms with Crippen molar-refractivity contribution in [1.82, 2.24) is 0 Å². The van der Waals surface area contributed by atoms with E-state index in [1.165, 1.54) is 12.0 Å². The average Bonchev–Trinajstić information content (AvgIpc) is 2.10. The van der Waals surface area contributed by atoms with Gasteiger partial charge in [-0.3, -0.25) is 0 Å². The molecule has 0 bridgehead atoms. The molecule has 0 fully saturated rings. The van der Waals surface area contributed by atoms with Crippen molar-refractivity contribution in [3.05, 3.63) is 11.6 Å². The first kappa shape index (κ1) is 7.80. The van der Waals surface area contributed by atoms with Gasteiger partial charge in [-0.25, -0.2) is 0 Å². The summed E-state index contributed by atoms with van der Waals surface area (Å²) >= 11 is 0. The first-order valence-corrected chi connectivity index (χ1v) is 3.91. The Morgan fingerprint density at radius 2 is 2.20 bits per heavy atom. The van der Waals surface area contributed by atoms with E-state index in [0.29, 0.717) is 5.41 Å². The summed E-state index contributed by atoms with van der Waals surface area (Å²) in [7, 11) is 0. The zero-order valence-electron chi connectivity index (χ0n) is 7.02. The van der Waals surface area contributed by atoms with E-state index in [-0.39, 0.29) is 6.10 Å². The van der Waals surface area contributed by atoms with Crippen LogP contribution in [0.5, 0.6) is 0 Å². The highest BCUT2D eigenvalue weighted by Crippen LogP contribution is 2.35. The summed E-state index contributed by atoms with van der Waals surface area (Å²) < 4.78 is 0. The number of aliphatic hydroxyl groups is 1. The number of rotatable bonds is 1. The van der Waals surface area contributed by atoms with E-state index in [4.69, 9.17) is 0 Å². The van der Waals surface area contributed by atoms with Crippen LogP contribution in [-0.2, 0) is 0 Å². The van der Waals surface area contributed by atoms with Crippen LogP contribution in [0.15, 0.2) is 11.6 Å². The first-order valence-electron chi connectivity index (χ1n) is 3.91. The van der Waals surface area contributed by atoms with Gasteiger partial charge in [-0.2, -0.15) is 0 Å². The van der Waals surface area contributed by atoms with E-state index in [1.54, 1.807) is 0 Å². The monoisotopic (exact) mass is 140 g/mol. The van der Waals surface area contributed by atoms with Gasteiger partial charge < -0.3 is 5.11 Å². The second kappa shape index (κ2) is 2.39. The van der Waals surface area contributed by atoms with Crippen LogP contribution in [-0.4, -0.2) is 11.2 Å². The molecule has 0 aliphatic heterocycles. The van der Waals surface area contributed by atoms with E-state index in [9.17, 15) is 5.11 Å². The molecule has 0 amide bonds. The highest BCUT2D eigenvalue weighted by molar-refractivity contribution is 5.17. The van der Waals surface area contributed by atoms with Crippen molar-refractivity contribution in [3.8, 4) is 0 Å². The SMILES string of the molecule is CC(O)C1=CC(C)(C)CC1. The molecule has 1 nitrogen and oxygen atoms in total. The van der Waals surface area contributed by atoms with Crippen LogP contribution in [0, 0.1) is 5.41 Å². The minimum atomic E-state index is -0.234. The van der Waals surface area contributed by atoms with Crippen LogP contribution in [0.25, 0.3) is 0 Å². The number of hydrogen-bond acceptors (Lipinski definition) is 1. The zero-order chi connectivity index (χ0) is 7.78. The number of hydrogen-bond donors (Lipinski definition) is 1. The summed E-state index contributed by atoms with van der Waals surface area (Å²) in [6.45, 7) is 6.26. The van der Waals surface area contributed by atoms with Crippen molar-refractivity contribution < 1.29 is 5.11 Å². The molecule has 0 aromatic heterocycles. The van der Waals surface area contributed by atoms with Gasteiger partial charge in [-0.05, 0) is 30.8 Å². The molecule has 1 unspecified atom stereocenters. The molecule has 1 N–H and O–H groups in total. The summed E-state index contributed by atoms with van der Waals surface area (Å²) in [4.78, 5) is 0. The molecule has 0 aromatic carbocycles. The molecular weight excluding hydrogens is 124 g/mol. The summed E-state index contributed by atoms with van der Waals surface area (Å²) in [6, 6.07) is 0. The topological polar surface area (TPSA) is 20.2 Å². The summed E-state index contributed by atoms with van der Waals surface area (Å²) in [5.41, 5.74) is 1.54. The minimum absolute atomic E-state index is 0.234. The van der Waals surface area contributed by atoms with E-state index in [0.717, 1.165) is 6.42 Å². The Bertz CT molecular complexity index is 154. The van der Waals surface area contributed by atoms with E-state index in [2.05, 4.69) is 19.9 Å². The minimum Gasteiger partial charge on any atom is -0.389 e. The predicted molar refractivity (Wildman–Crippen MR) is 42.8 cm³/mol. The second-order valence-corrected chi connectivity index (χ2v) is 3.88. The smallest absolute Gasteiger partial charge is 0.0722 e. The van der Waals surface area contributed by atoms with Crippen LogP contribution in [0.3, 0.4) is 0 Å². The molecule has 1 atom stereocenters. The van der Waals surface area contributed by atoms with Crippen molar-refractivity contribution in [2.45, 2.75) is 39.7 Å². The highest BCUT2D eigenvalue weighted by Gasteiger charge is 2.24. The van der Waals surface area contributed by atoms with Crippen molar-refractivity contribution in [2.75, 3.05) is 0 Å². The summed E-state index contributed by atoms with van der Waals surface area (Å²) in [6.07, 6.45) is 4.23. The Hall–Kier alpha value is -0.300. The lowest BCUT2D eigenvalue weighted by atomic mass is 9.94. The third kappa shape index (κ3) is 1.60. The number of allylic oxidation sites excluding steroid dienone is 1. The van der Waals surface area contributed by atoms with Gasteiger partial charge in [0, 0.05) is 0 Å². The molecule has 0 radical (unpaired) electrons. The Morgan fingerprint density at radius 3 is 2.40 bits per heavy atom. The van der Waals surface area contributed by atoms with Gasteiger partial charge in [0.1, 0.15) is 0 Å². The standard InChI is InChI=1S/C9H16O/c1-7(10)8-4-5-9(2,3)6-8/h6-7,10H,4-5H2,1-3H3. The molecule has 58 valence electrons. The first-order chi connectivity index (χ1) is 4.51. The normalized spacial score (nSPS) is 26.2. The Labute approximate surface area is 62.8 Å². The van der Waals surface area contributed by atoms with Gasteiger partial charge in [0.15, 0.2) is 0 Å². The lowest BCUT2D eigenvalue weighted by Gasteiger charge is -2.11. The van der Waals surface area contributed by atoms with Gasteiger partial charge in [0.2, 0.25) is 0 Å². The fourth-order valence-corrected chi connectivity index (χ4v) is 1.44. The van der Waals surface area contributed by atoms with Crippen LogP contribution in [0.1, 0.15) is 33.6 Å². The van der Waals surface area contributed by atoms with E-state index in [1.807, 2.05) is 6.92 Å². The molecule has 1 aliphatic carbocycles. The molecule has 1 rings (SSSR count). The third-order valence-electron chi connectivity index (χ3n) is 2.17. The lowest BCUT2D eigenvalue weighted by Crippen LogP contribution is -2.02. The van der Waals surface area contributed by atoms with Gasteiger partial charge in [0.05, 0.1) is 6.10 Å². The molecule has 0 saturated heterocycles. The molecule has 10 heavy (non-hydrogen) atoms. The molecule has 0 saturated carbocycles. The Kier molecular flexibility index (Phi) is 1.86. The van der Waals surface area contributed by atoms with Gasteiger partial charge in [-0.15, -0.1) is 0 Å². The fourth-order valence-electron chi connectivity index (χ4n) is 1.44. The van der Waals surface area contributed by atoms with Gasteiger partial charge in [-0.1, -0.05) is 19.9 Å². The lowest BCUT2D eigenvalue weighted by molar-refractivity contribution is 0.228. The third-order valence-corrected chi connectivity index (χ3v) is 2.17. The second-order valence-electron chi connectivity index (χ2n) is 3.88. The van der Waals surface area contributed by atoms with Crippen molar-refractivity contribution in [1.29, 1.82) is 0 Å². The maximum atomic E-state index is 9.22. The van der Waals surface area contributed by atoms with Crippen LogP contribution in [0.2, 0.25) is 0 Å². The summed E-state index contributed by atoms with van der Waals surface area (Å²) in [5, 5.41) is 9.22. The Morgan fingerprint density at radius 1 is 1.60 bits per heavy atom. The van der Waals surface area contributed by atoms with Crippen LogP contribution < -0.4 is 0 Å². The van der Waals surface area contributed by atoms with Crippen molar-refractivity contribution in [3.63, 3.8) is 0 Å². The summed E-state index contributed by atoms with van der Waals surface area (Å²) in [5.74, 6) is 0. The molecular formula is C9H16O. The quantitative estimate of drug-likeness (QED) is 0.553. The molecule has 0 heterocycles. The predicted octanol–water partition coefficient (Wildman–Crippen LogP) is 2.11. The van der Waals surface area contributed by atoms with Crippen molar-refractivity contribution in [2.24, 2.45) is 5.41 Å².